The Morgan fingerprint density at radius 1 is 1.29 bits per heavy atom. The first-order chi connectivity index (χ1) is 6.77. The minimum atomic E-state index is 0.150. The molecule has 0 radical (unpaired) electrons. The van der Waals surface area contributed by atoms with E-state index in [1.165, 1.54) is 0 Å². The lowest BCUT2D eigenvalue weighted by Gasteiger charge is -2.22. The normalized spacial score (nSPS) is 17.1. The smallest absolute Gasteiger partial charge is 0.219 e. The molecule has 1 aromatic rings. The largest absolute Gasteiger partial charge is 0.343 e. The van der Waals surface area contributed by atoms with Gasteiger partial charge in [-0.3, -0.25) is 4.79 Å². The van der Waals surface area contributed by atoms with Crippen molar-refractivity contribution in [2.24, 2.45) is 0 Å². The molecule has 0 fully saturated rings. The SMILES string of the molecule is CC(=O)N1CCCc2n[nH]nc2CC1. The number of nitrogens with zero attached hydrogens (tertiary/aromatic N) is 3. The molecule has 1 aliphatic heterocycles. The molecule has 0 saturated heterocycles. The zero-order valence-corrected chi connectivity index (χ0v) is 8.29. The molecule has 14 heavy (non-hydrogen) atoms. The molecular formula is C9H14N4O. The fourth-order valence-electron chi connectivity index (χ4n) is 1.78. The van der Waals surface area contributed by atoms with Crippen LogP contribution in [0.3, 0.4) is 0 Å². The number of carbonyl (C=O) groups is 1. The van der Waals surface area contributed by atoms with Crippen molar-refractivity contribution in [3.63, 3.8) is 0 Å². The van der Waals surface area contributed by atoms with E-state index < -0.39 is 0 Å². The highest BCUT2D eigenvalue weighted by Crippen LogP contribution is 2.10. The van der Waals surface area contributed by atoms with E-state index in [0.29, 0.717) is 0 Å². The van der Waals surface area contributed by atoms with Gasteiger partial charge in [0.1, 0.15) is 0 Å². The monoisotopic (exact) mass is 194 g/mol. The third-order valence-corrected chi connectivity index (χ3v) is 2.61. The van der Waals surface area contributed by atoms with Crippen LogP contribution in [-0.4, -0.2) is 39.3 Å². The maximum atomic E-state index is 11.2. The van der Waals surface area contributed by atoms with E-state index in [9.17, 15) is 4.79 Å². The van der Waals surface area contributed by atoms with Gasteiger partial charge in [0.15, 0.2) is 0 Å². The zero-order chi connectivity index (χ0) is 9.97. The molecule has 76 valence electrons. The van der Waals surface area contributed by atoms with Crippen LogP contribution in [0.2, 0.25) is 0 Å². The standard InChI is InChI=1S/C9H14N4O/c1-7(14)13-5-2-3-8-9(4-6-13)11-12-10-8/h2-6H2,1H3,(H,10,11,12). The summed E-state index contributed by atoms with van der Waals surface area (Å²) in [6, 6.07) is 0. The molecule has 0 aliphatic carbocycles. The number of rotatable bonds is 0. The maximum absolute atomic E-state index is 11.2. The number of aryl methyl sites for hydroxylation is 1. The highest BCUT2D eigenvalue weighted by molar-refractivity contribution is 5.73. The van der Waals surface area contributed by atoms with Gasteiger partial charge < -0.3 is 4.90 Å². The summed E-state index contributed by atoms with van der Waals surface area (Å²) in [7, 11) is 0. The Balaban J connectivity index is 2.10. The highest BCUT2D eigenvalue weighted by atomic mass is 16.2. The third-order valence-electron chi connectivity index (χ3n) is 2.61. The zero-order valence-electron chi connectivity index (χ0n) is 8.29. The van der Waals surface area contributed by atoms with Gasteiger partial charge in [-0.1, -0.05) is 0 Å². The molecule has 5 nitrogen and oxygen atoms in total. The van der Waals surface area contributed by atoms with Crippen LogP contribution in [0.5, 0.6) is 0 Å². The molecule has 0 saturated carbocycles. The molecule has 2 rings (SSSR count). The van der Waals surface area contributed by atoms with Crippen LogP contribution in [0.4, 0.5) is 0 Å². The van der Waals surface area contributed by atoms with Crippen LogP contribution in [-0.2, 0) is 17.6 Å². The van der Waals surface area contributed by atoms with Crippen LogP contribution in [0.1, 0.15) is 24.7 Å². The molecule has 0 aromatic carbocycles. The number of aromatic nitrogens is 3. The van der Waals surface area contributed by atoms with E-state index in [4.69, 9.17) is 0 Å². The average Bonchev–Trinajstić information content (AvgIpc) is 2.51. The summed E-state index contributed by atoms with van der Waals surface area (Å²) in [5, 5.41) is 10.8. The Morgan fingerprint density at radius 3 is 2.71 bits per heavy atom. The number of nitrogens with one attached hydrogen (secondary N) is 1. The average molecular weight is 194 g/mol. The third kappa shape index (κ3) is 1.76. The van der Waals surface area contributed by atoms with Crippen molar-refractivity contribution >= 4 is 5.91 Å². The number of amides is 1. The van der Waals surface area contributed by atoms with E-state index in [1.54, 1.807) is 6.92 Å². The summed E-state index contributed by atoms with van der Waals surface area (Å²) < 4.78 is 0. The lowest BCUT2D eigenvalue weighted by Crippen LogP contribution is -2.33. The molecular weight excluding hydrogens is 180 g/mol. The van der Waals surface area contributed by atoms with Gasteiger partial charge in [-0.2, -0.15) is 15.4 Å². The van der Waals surface area contributed by atoms with Gasteiger partial charge in [-0.25, -0.2) is 0 Å². The van der Waals surface area contributed by atoms with Gasteiger partial charge >= 0.3 is 0 Å². The number of aromatic amines is 1. The van der Waals surface area contributed by atoms with Crippen LogP contribution >= 0.6 is 0 Å². The second-order valence-corrected chi connectivity index (χ2v) is 3.58. The van der Waals surface area contributed by atoms with Crippen LogP contribution in [0, 0.1) is 0 Å². The Labute approximate surface area is 82.5 Å². The summed E-state index contributed by atoms with van der Waals surface area (Å²) in [5.41, 5.74) is 2.07. The molecule has 0 bridgehead atoms. The topological polar surface area (TPSA) is 61.9 Å². The molecule has 0 atom stereocenters. The first kappa shape index (κ1) is 9.18. The molecule has 2 heterocycles. The quantitative estimate of drug-likeness (QED) is 0.639. The van der Waals surface area contributed by atoms with E-state index in [2.05, 4.69) is 15.4 Å². The van der Waals surface area contributed by atoms with Crippen molar-refractivity contribution in [1.29, 1.82) is 0 Å². The highest BCUT2D eigenvalue weighted by Gasteiger charge is 2.16. The van der Waals surface area contributed by atoms with Crippen molar-refractivity contribution in [1.82, 2.24) is 20.3 Å². The maximum Gasteiger partial charge on any atom is 0.219 e. The molecule has 1 aromatic heterocycles. The predicted octanol–water partition coefficient (Wildman–Crippen LogP) is 0.142. The van der Waals surface area contributed by atoms with Gasteiger partial charge in [-0.05, 0) is 12.8 Å². The fourth-order valence-corrected chi connectivity index (χ4v) is 1.78. The fraction of sp³-hybridized carbons (Fsp3) is 0.667. The van der Waals surface area contributed by atoms with Gasteiger partial charge in [-0.15, -0.1) is 0 Å². The van der Waals surface area contributed by atoms with Crippen LogP contribution in [0.15, 0.2) is 0 Å². The van der Waals surface area contributed by atoms with Crippen LogP contribution < -0.4 is 0 Å². The summed E-state index contributed by atoms with van der Waals surface area (Å²) in [5.74, 6) is 0.150. The summed E-state index contributed by atoms with van der Waals surface area (Å²) in [4.78, 5) is 13.1. The minimum absolute atomic E-state index is 0.150. The Kier molecular flexibility index (Phi) is 2.47. The van der Waals surface area contributed by atoms with Crippen molar-refractivity contribution in [3.8, 4) is 0 Å². The van der Waals surface area contributed by atoms with Crippen LogP contribution in [0.25, 0.3) is 0 Å². The molecule has 1 amide bonds. The summed E-state index contributed by atoms with van der Waals surface area (Å²) >= 11 is 0. The summed E-state index contributed by atoms with van der Waals surface area (Å²) in [6.45, 7) is 3.21. The molecule has 1 N–H and O–H groups in total. The van der Waals surface area contributed by atoms with E-state index in [0.717, 1.165) is 43.7 Å². The lowest BCUT2D eigenvalue weighted by atomic mass is 10.1. The minimum Gasteiger partial charge on any atom is -0.343 e. The Hall–Kier alpha value is -1.39. The molecule has 0 unspecified atom stereocenters. The van der Waals surface area contributed by atoms with Crippen molar-refractivity contribution < 1.29 is 4.79 Å². The number of hydrogen-bond acceptors (Lipinski definition) is 3. The number of hydrogen-bond donors (Lipinski definition) is 1. The Bertz CT molecular complexity index is 333. The van der Waals surface area contributed by atoms with E-state index in [1.807, 2.05) is 4.90 Å². The van der Waals surface area contributed by atoms with Gasteiger partial charge in [0.25, 0.3) is 0 Å². The van der Waals surface area contributed by atoms with Crippen molar-refractivity contribution in [3.05, 3.63) is 11.4 Å². The predicted molar refractivity (Wildman–Crippen MR) is 50.7 cm³/mol. The van der Waals surface area contributed by atoms with Gasteiger partial charge in [0.05, 0.1) is 11.4 Å². The first-order valence-electron chi connectivity index (χ1n) is 4.91. The molecule has 1 aliphatic rings. The van der Waals surface area contributed by atoms with Crippen molar-refractivity contribution in [2.45, 2.75) is 26.2 Å². The molecule has 5 heteroatoms. The molecule has 0 spiro atoms. The van der Waals surface area contributed by atoms with Gasteiger partial charge in [0, 0.05) is 26.4 Å². The first-order valence-corrected chi connectivity index (χ1v) is 4.91. The Morgan fingerprint density at radius 2 is 2.00 bits per heavy atom. The second-order valence-electron chi connectivity index (χ2n) is 3.58. The number of carbonyl (C=O) groups excluding carboxylic acids is 1. The summed E-state index contributed by atoms with van der Waals surface area (Å²) in [6.07, 6.45) is 2.69. The van der Waals surface area contributed by atoms with Crippen molar-refractivity contribution in [2.75, 3.05) is 13.1 Å². The van der Waals surface area contributed by atoms with E-state index >= 15 is 0 Å². The van der Waals surface area contributed by atoms with E-state index in [-0.39, 0.29) is 5.91 Å². The number of fused-ring (bicyclic) bond motifs is 1. The lowest BCUT2D eigenvalue weighted by molar-refractivity contribution is -0.128. The van der Waals surface area contributed by atoms with Gasteiger partial charge in [0.2, 0.25) is 5.91 Å². The second kappa shape index (κ2) is 3.77. The number of H-pyrrole nitrogens is 1.